The molecule has 0 spiro atoms. The van der Waals surface area contributed by atoms with E-state index >= 15 is 0 Å². The third kappa shape index (κ3) is 1.52. The summed E-state index contributed by atoms with van der Waals surface area (Å²) in [5.74, 6) is 2.45. The van der Waals surface area contributed by atoms with Crippen molar-refractivity contribution in [3.63, 3.8) is 0 Å². The molecule has 1 aliphatic heterocycles. The molecule has 0 radical (unpaired) electrons. The molecule has 1 nitrogen and oxygen atoms in total. The number of hydrogen-bond acceptors (Lipinski definition) is 1. The second kappa shape index (κ2) is 3.37. The Morgan fingerprint density at radius 1 is 1.33 bits per heavy atom. The van der Waals surface area contributed by atoms with Crippen molar-refractivity contribution in [2.75, 3.05) is 13.1 Å². The average Bonchev–Trinajstić information content (AvgIpc) is 2.00. The van der Waals surface area contributed by atoms with E-state index in [2.05, 4.69) is 39.9 Å². The van der Waals surface area contributed by atoms with Crippen molar-refractivity contribution in [3.05, 3.63) is 0 Å². The van der Waals surface area contributed by atoms with Crippen LogP contribution in [0.3, 0.4) is 0 Å². The Balaban J connectivity index is 2.74. The molecular weight excluding hydrogens is 146 g/mol. The smallest absolute Gasteiger partial charge is 0.00104 e. The van der Waals surface area contributed by atoms with E-state index in [0.29, 0.717) is 5.41 Å². The van der Waals surface area contributed by atoms with Gasteiger partial charge in [0.15, 0.2) is 0 Å². The van der Waals surface area contributed by atoms with Crippen molar-refractivity contribution < 1.29 is 0 Å². The highest BCUT2D eigenvalue weighted by Gasteiger charge is 2.39. The zero-order chi connectivity index (χ0) is 9.35. The van der Waals surface area contributed by atoms with E-state index in [1.165, 1.54) is 13.1 Å². The maximum atomic E-state index is 3.54. The summed E-state index contributed by atoms with van der Waals surface area (Å²) < 4.78 is 0. The molecule has 1 saturated heterocycles. The summed E-state index contributed by atoms with van der Waals surface area (Å²) in [6.45, 7) is 14.3. The average molecular weight is 169 g/mol. The predicted octanol–water partition coefficient (Wildman–Crippen LogP) is 2.52. The van der Waals surface area contributed by atoms with Crippen molar-refractivity contribution >= 4 is 0 Å². The van der Waals surface area contributed by atoms with Gasteiger partial charge in [-0.3, -0.25) is 0 Å². The third-order valence-corrected chi connectivity index (χ3v) is 4.18. The molecule has 0 amide bonds. The van der Waals surface area contributed by atoms with Crippen LogP contribution in [-0.2, 0) is 0 Å². The van der Waals surface area contributed by atoms with Gasteiger partial charge in [-0.15, -0.1) is 0 Å². The lowest BCUT2D eigenvalue weighted by Gasteiger charge is -2.46. The van der Waals surface area contributed by atoms with Crippen LogP contribution in [0.15, 0.2) is 0 Å². The molecule has 1 fully saturated rings. The highest BCUT2D eigenvalue weighted by Crippen LogP contribution is 2.40. The molecule has 0 aromatic heterocycles. The Kier molecular flexibility index (Phi) is 2.82. The lowest BCUT2D eigenvalue weighted by molar-refractivity contribution is 0.0503. The fraction of sp³-hybridized carbons (Fsp3) is 1.00. The maximum Gasteiger partial charge on any atom is 0.00104 e. The van der Waals surface area contributed by atoms with E-state index in [-0.39, 0.29) is 0 Å². The lowest BCUT2D eigenvalue weighted by atomic mass is 9.64. The van der Waals surface area contributed by atoms with Crippen molar-refractivity contribution in [3.8, 4) is 0 Å². The molecule has 3 unspecified atom stereocenters. The molecule has 0 saturated carbocycles. The predicted molar refractivity (Wildman–Crippen MR) is 54.1 cm³/mol. The Labute approximate surface area is 76.9 Å². The van der Waals surface area contributed by atoms with Gasteiger partial charge >= 0.3 is 0 Å². The van der Waals surface area contributed by atoms with Gasteiger partial charge in [0.2, 0.25) is 0 Å². The molecule has 0 aromatic carbocycles. The molecule has 0 bridgehead atoms. The second-order valence-corrected chi connectivity index (χ2v) is 5.06. The molecule has 72 valence electrons. The lowest BCUT2D eigenvalue weighted by Crippen LogP contribution is -2.50. The van der Waals surface area contributed by atoms with Crippen LogP contribution in [0.4, 0.5) is 0 Å². The van der Waals surface area contributed by atoms with Crippen molar-refractivity contribution in [1.82, 2.24) is 5.32 Å². The van der Waals surface area contributed by atoms with E-state index in [9.17, 15) is 0 Å². The van der Waals surface area contributed by atoms with E-state index in [4.69, 9.17) is 0 Å². The zero-order valence-electron chi connectivity index (χ0n) is 9.15. The van der Waals surface area contributed by atoms with Crippen molar-refractivity contribution in [1.29, 1.82) is 0 Å². The van der Waals surface area contributed by atoms with Crippen LogP contribution in [0.2, 0.25) is 0 Å². The number of nitrogens with one attached hydrogen (secondary N) is 1. The van der Waals surface area contributed by atoms with Crippen molar-refractivity contribution in [2.45, 2.75) is 34.6 Å². The monoisotopic (exact) mass is 169 g/mol. The first-order chi connectivity index (χ1) is 5.48. The molecule has 0 aromatic rings. The molecular formula is C11H23N. The first-order valence-electron chi connectivity index (χ1n) is 5.19. The minimum atomic E-state index is 0.498. The van der Waals surface area contributed by atoms with Crippen LogP contribution in [0.25, 0.3) is 0 Å². The van der Waals surface area contributed by atoms with E-state index in [0.717, 1.165) is 17.8 Å². The van der Waals surface area contributed by atoms with Crippen LogP contribution in [-0.4, -0.2) is 13.1 Å². The number of rotatable bonds is 1. The van der Waals surface area contributed by atoms with Gasteiger partial charge < -0.3 is 5.32 Å². The van der Waals surface area contributed by atoms with Crippen LogP contribution in [0.5, 0.6) is 0 Å². The highest BCUT2D eigenvalue weighted by atomic mass is 14.9. The summed E-state index contributed by atoms with van der Waals surface area (Å²) in [5.41, 5.74) is 0.498. The van der Waals surface area contributed by atoms with Gasteiger partial charge in [0, 0.05) is 6.54 Å². The normalized spacial score (nSPS) is 43.5. The maximum absolute atomic E-state index is 3.54. The van der Waals surface area contributed by atoms with Gasteiger partial charge in [0.25, 0.3) is 0 Å². The van der Waals surface area contributed by atoms with Gasteiger partial charge in [0.1, 0.15) is 0 Å². The first kappa shape index (κ1) is 10.0. The van der Waals surface area contributed by atoms with E-state index in [1.54, 1.807) is 0 Å². The van der Waals surface area contributed by atoms with Crippen LogP contribution >= 0.6 is 0 Å². The number of piperidine rings is 1. The van der Waals surface area contributed by atoms with Gasteiger partial charge in [0.05, 0.1) is 0 Å². The van der Waals surface area contributed by atoms with Gasteiger partial charge in [-0.2, -0.15) is 0 Å². The molecule has 3 atom stereocenters. The van der Waals surface area contributed by atoms with Gasteiger partial charge in [-0.05, 0) is 29.7 Å². The minimum absolute atomic E-state index is 0.498. The standard InChI is InChI=1S/C11H23N/c1-8(2)11(5)7-12-6-9(3)10(11)4/h8-10,12H,6-7H2,1-5H3. The van der Waals surface area contributed by atoms with E-state index < -0.39 is 0 Å². The summed E-state index contributed by atoms with van der Waals surface area (Å²) in [4.78, 5) is 0. The molecule has 1 aliphatic rings. The fourth-order valence-corrected chi connectivity index (χ4v) is 2.29. The summed E-state index contributed by atoms with van der Waals surface area (Å²) >= 11 is 0. The largest absolute Gasteiger partial charge is 0.316 e. The summed E-state index contributed by atoms with van der Waals surface area (Å²) in [6.07, 6.45) is 0. The Hall–Kier alpha value is -0.0400. The van der Waals surface area contributed by atoms with Crippen molar-refractivity contribution in [2.24, 2.45) is 23.2 Å². The minimum Gasteiger partial charge on any atom is -0.316 e. The summed E-state index contributed by atoms with van der Waals surface area (Å²) in [6, 6.07) is 0. The Morgan fingerprint density at radius 2 is 1.92 bits per heavy atom. The molecule has 0 aliphatic carbocycles. The second-order valence-electron chi connectivity index (χ2n) is 5.06. The van der Waals surface area contributed by atoms with Gasteiger partial charge in [-0.25, -0.2) is 0 Å². The first-order valence-corrected chi connectivity index (χ1v) is 5.19. The SMILES string of the molecule is CC1CNCC(C)(C(C)C)C1C. The van der Waals surface area contributed by atoms with Crippen LogP contribution in [0.1, 0.15) is 34.6 Å². The molecule has 1 N–H and O–H groups in total. The zero-order valence-corrected chi connectivity index (χ0v) is 9.15. The van der Waals surface area contributed by atoms with Crippen LogP contribution < -0.4 is 5.32 Å². The molecule has 1 heterocycles. The topological polar surface area (TPSA) is 12.0 Å². The van der Waals surface area contributed by atoms with Crippen LogP contribution in [0, 0.1) is 23.2 Å². The Bertz CT molecular complexity index is 153. The Morgan fingerprint density at radius 3 is 2.33 bits per heavy atom. The quantitative estimate of drug-likeness (QED) is 0.636. The van der Waals surface area contributed by atoms with E-state index in [1.807, 2.05) is 0 Å². The van der Waals surface area contributed by atoms with Gasteiger partial charge in [-0.1, -0.05) is 34.6 Å². The fourth-order valence-electron chi connectivity index (χ4n) is 2.29. The summed E-state index contributed by atoms with van der Waals surface area (Å²) in [7, 11) is 0. The third-order valence-electron chi connectivity index (χ3n) is 4.18. The summed E-state index contributed by atoms with van der Waals surface area (Å²) in [5, 5.41) is 3.54. The molecule has 12 heavy (non-hydrogen) atoms. The molecule has 1 heteroatoms. The molecule has 1 rings (SSSR count). The highest BCUT2D eigenvalue weighted by molar-refractivity contribution is 4.91. The number of hydrogen-bond donors (Lipinski definition) is 1.